The molecule has 0 amide bonds. The van der Waals surface area contributed by atoms with E-state index in [0.717, 1.165) is 50.1 Å². The van der Waals surface area contributed by atoms with Crippen molar-refractivity contribution in [2.75, 3.05) is 52.5 Å². The molecular weight excluding hydrogens is 250 g/mol. The molecule has 1 N–H and O–H groups in total. The predicted molar refractivity (Wildman–Crippen MR) is 75.5 cm³/mol. The van der Waals surface area contributed by atoms with Gasteiger partial charge in [-0.15, -0.1) is 11.3 Å². The summed E-state index contributed by atoms with van der Waals surface area (Å²) in [7, 11) is 5.50. The van der Waals surface area contributed by atoms with Crippen molar-refractivity contribution >= 4 is 16.5 Å². The lowest BCUT2D eigenvalue weighted by Gasteiger charge is -2.14. The number of nitrogens with zero attached hydrogens (tertiary/aromatic N) is 2. The minimum absolute atomic E-state index is 0.730. The quantitative estimate of drug-likeness (QED) is 0.652. The van der Waals surface area contributed by atoms with E-state index in [1.807, 2.05) is 0 Å². The molecule has 5 nitrogen and oxygen atoms in total. The molecule has 0 bridgehead atoms. The van der Waals surface area contributed by atoms with Crippen LogP contribution in [0.25, 0.3) is 0 Å². The van der Waals surface area contributed by atoms with Crippen molar-refractivity contribution in [1.82, 2.24) is 10.3 Å². The smallest absolute Gasteiger partial charge is 0.185 e. The molecule has 0 saturated heterocycles. The van der Waals surface area contributed by atoms with Gasteiger partial charge in [-0.25, -0.2) is 4.98 Å². The van der Waals surface area contributed by atoms with Crippen LogP contribution in [0.2, 0.25) is 0 Å². The molecule has 0 aromatic carbocycles. The molecular formula is C12H23N3O2S. The number of hydrogen-bond acceptors (Lipinski definition) is 6. The third-order valence-corrected chi connectivity index (χ3v) is 3.50. The second-order valence-electron chi connectivity index (χ2n) is 4.06. The number of aromatic nitrogens is 1. The molecule has 0 aliphatic heterocycles. The summed E-state index contributed by atoms with van der Waals surface area (Å²) in [5, 5.41) is 6.45. The fourth-order valence-corrected chi connectivity index (χ4v) is 2.30. The Bertz CT molecular complexity index is 320. The summed E-state index contributed by atoms with van der Waals surface area (Å²) in [6.45, 7) is 4.14. The van der Waals surface area contributed by atoms with Crippen molar-refractivity contribution in [1.29, 1.82) is 0 Å². The summed E-state index contributed by atoms with van der Waals surface area (Å²) < 4.78 is 10.0. The van der Waals surface area contributed by atoms with Gasteiger partial charge in [0.25, 0.3) is 0 Å². The highest BCUT2D eigenvalue weighted by Crippen LogP contribution is 2.19. The van der Waals surface area contributed by atoms with Crippen molar-refractivity contribution in [2.45, 2.75) is 13.0 Å². The fraction of sp³-hybridized carbons (Fsp3) is 0.750. The molecule has 0 spiro atoms. The van der Waals surface area contributed by atoms with Crippen LogP contribution in [0.15, 0.2) is 5.38 Å². The lowest BCUT2D eigenvalue weighted by molar-refractivity contribution is 0.196. The van der Waals surface area contributed by atoms with Gasteiger partial charge in [0.2, 0.25) is 0 Å². The molecule has 0 fully saturated rings. The lowest BCUT2D eigenvalue weighted by atomic mass is 10.4. The lowest BCUT2D eigenvalue weighted by Crippen LogP contribution is -2.20. The van der Waals surface area contributed by atoms with Gasteiger partial charge in [-0.05, 0) is 6.42 Å². The summed E-state index contributed by atoms with van der Waals surface area (Å²) >= 11 is 1.68. The number of anilines is 1. The molecule has 1 heterocycles. The topological polar surface area (TPSA) is 46.6 Å². The first-order valence-electron chi connectivity index (χ1n) is 6.12. The van der Waals surface area contributed by atoms with Crippen molar-refractivity contribution < 1.29 is 9.47 Å². The van der Waals surface area contributed by atoms with Crippen molar-refractivity contribution in [3.63, 3.8) is 0 Å². The van der Waals surface area contributed by atoms with E-state index < -0.39 is 0 Å². The maximum Gasteiger partial charge on any atom is 0.185 e. The fourth-order valence-electron chi connectivity index (χ4n) is 1.49. The number of nitrogens with one attached hydrogen (secondary N) is 1. The van der Waals surface area contributed by atoms with Crippen LogP contribution in [0.5, 0.6) is 0 Å². The standard InChI is InChI=1S/C12H23N3O2S/c1-15(6-4-7-16-2)12-14-11(10-18-12)9-13-5-8-17-3/h10,13H,4-9H2,1-3H3. The molecule has 0 aliphatic rings. The summed E-state index contributed by atoms with van der Waals surface area (Å²) in [5.74, 6) is 0. The normalized spacial score (nSPS) is 10.8. The molecule has 0 aliphatic carbocycles. The molecule has 104 valence electrons. The predicted octanol–water partition coefficient (Wildman–Crippen LogP) is 1.35. The first-order chi connectivity index (χ1) is 8.77. The molecule has 18 heavy (non-hydrogen) atoms. The van der Waals surface area contributed by atoms with Crippen LogP contribution in [0.4, 0.5) is 5.13 Å². The summed E-state index contributed by atoms with van der Waals surface area (Å²) in [5.41, 5.74) is 1.09. The van der Waals surface area contributed by atoms with Gasteiger partial charge in [0.05, 0.1) is 12.3 Å². The van der Waals surface area contributed by atoms with E-state index in [4.69, 9.17) is 9.47 Å². The van der Waals surface area contributed by atoms with Gasteiger partial charge >= 0.3 is 0 Å². The molecule has 0 unspecified atom stereocenters. The molecule has 0 atom stereocenters. The zero-order valence-electron chi connectivity index (χ0n) is 11.4. The van der Waals surface area contributed by atoms with Gasteiger partial charge in [-0.2, -0.15) is 0 Å². The van der Waals surface area contributed by atoms with E-state index in [-0.39, 0.29) is 0 Å². The maximum atomic E-state index is 5.04. The zero-order chi connectivity index (χ0) is 13.2. The van der Waals surface area contributed by atoms with E-state index in [2.05, 4.69) is 27.6 Å². The van der Waals surface area contributed by atoms with Crippen molar-refractivity contribution in [3.8, 4) is 0 Å². The maximum absolute atomic E-state index is 5.04. The number of rotatable bonds is 10. The average molecular weight is 273 g/mol. The highest BCUT2D eigenvalue weighted by molar-refractivity contribution is 7.13. The van der Waals surface area contributed by atoms with Crippen LogP contribution >= 0.6 is 11.3 Å². The Morgan fingerprint density at radius 1 is 1.33 bits per heavy atom. The van der Waals surface area contributed by atoms with E-state index in [1.165, 1.54) is 0 Å². The third-order valence-electron chi connectivity index (χ3n) is 2.50. The van der Waals surface area contributed by atoms with Gasteiger partial charge in [0.1, 0.15) is 0 Å². The van der Waals surface area contributed by atoms with Crippen LogP contribution in [0.1, 0.15) is 12.1 Å². The second kappa shape index (κ2) is 9.27. The monoisotopic (exact) mass is 273 g/mol. The number of thiazole rings is 1. The molecule has 0 radical (unpaired) electrons. The molecule has 1 aromatic rings. The van der Waals surface area contributed by atoms with Gasteiger partial charge in [0, 0.05) is 52.9 Å². The first-order valence-corrected chi connectivity index (χ1v) is 7.00. The number of ether oxygens (including phenoxy) is 2. The summed E-state index contributed by atoms with van der Waals surface area (Å²) in [6, 6.07) is 0. The third kappa shape index (κ3) is 5.77. The SMILES string of the molecule is COCCCN(C)c1nc(CNCCOC)cs1. The Kier molecular flexibility index (Phi) is 7.91. The second-order valence-corrected chi connectivity index (χ2v) is 4.90. The molecule has 0 saturated carbocycles. The van der Waals surface area contributed by atoms with Crippen LogP contribution < -0.4 is 10.2 Å². The van der Waals surface area contributed by atoms with Gasteiger partial charge in [-0.3, -0.25) is 0 Å². The highest BCUT2D eigenvalue weighted by atomic mass is 32.1. The van der Waals surface area contributed by atoms with Crippen molar-refractivity contribution in [2.24, 2.45) is 0 Å². The molecule has 1 aromatic heterocycles. The Hall–Kier alpha value is -0.690. The average Bonchev–Trinajstić information content (AvgIpc) is 2.84. The largest absolute Gasteiger partial charge is 0.385 e. The van der Waals surface area contributed by atoms with E-state index in [0.29, 0.717) is 0 Å². The van der Waals surface area contributed by atoms with Gasteiger partial charge in [0.15, 0.2) is 5.13 Å². The Labute approximate surface area is 113 Å². The van der Waals surface area contributed by atoms with Gasteiger partial charge < -0.3 is 19.7 Å². The van der Waals surface area contributed by atoms with Crippen LogP contribution in [-0.2, 0) is 16.0 Å². The Balaban J connectivity index is 2.28. The zero-order valence-corrected chi connectivity index (χ0v) is 12.3. The van der Waals surface area contributed by atoms with Crippen LogP contribution in [0.3, 0.4) is 0 Å². The highest BCUT2D eigenvalue weighted by Gasteiger charge is 2.06. The van der Waals surface area contributed by atoms with E-state index in [9.17, 15) is 0 Å². The van der Waals surface area contributed by atoms with E-state index >= 15 is 0 Å². The van der Waals surface area contributed by atoms with Crippen LogP contribution in [-0.4, -0.2) is 52.6 Å². The summed E-state index contributed by atoms with van der Waals surface area (Å²) in [4.78, 5) is 6.76. The van der Waals surface area contributed by atoms with Crippen LogP contribution in [0, 0.1) is 0 Å². The minimum Gasteiger partial charge on any atom is -0.385 e. The molecule has 6 heteroatoms. The number of methoxy groups -OCH3 is 2. The Morgan fingerprint density at radius 3 is 2.83 bits per heavy atom. The molecule has 1 rings (SSSR count). The Morgan fingerprint density at radius 2 is 2.11 bits per heavy atom. The van der Waals surface area contributed by atoms with E-state index in [1.54, 1.807) is 25.6 Å². The first kappa shape index (κ1) is 15.4. The summed E-state index contributed by atoms with van der Waals surface area (Å²) in [6.07, 6.45) is 1.02. The van der Waals surface area contributed by atoms with Crippen molar-refractivity contribution in [3.05, 3.63) is 11.1 Å². The van der Waals surface area contributed by atoms with Gasteiger partial charge in [-0.1, -0.05) is 0 Å². The minimum atomic E-state index is 0.730. The number of hydrogen-bond donors (Lipinski definition) is 1.